The average molecular weight is 408 g/mol. The second-order valence-corrected chi connectivity index (χ2v) is 8.19. The smallest absolute Gasteiger partial charge is 0.373 e. The van der Waals surface area contributed by atoms with Crippen LogP contribution < -0.4 is 0 Å². The molecule has 29 heavy (non-hydrogen) atoms. The van der Waals surface area contributed by atoms with Gasteiger partial charge in [0, 0.05) is 29.2 Å². The topological polar surface area (TPSA) is 68.0 Å². The Balaban J connectivity index is 1.82. The van der Waals surface area contributed by atoms with E-state index in [2.05, 4.69) is 20.5 Å². The second kappa shape index (κ2) is 7.88. The molecule has 2 aromatic heterocycles. The molecule has 0 saturated heterocycles. The monoisotopic (exact) mass is 407 g/mol. The highest BCUT2D eigenvalue weighted by Gasteiger charge is 2.24. The molecular weight excluding hydrogens is 386 g/mol. The fourth-order valence-corrected chi connectivity index (χ4v) is 4.42. The average Bonchev–Trinajstić information content (AvgIpc) is 3.03. The van der Waals surface area contributed by atoms with Crippen molar-refractivity contribution < 1.29 is 9.90 Å². The first-order chi connectivity index (χ1) is 14.0. The van der Waals surface area contributed by atoms with Crippen LogP contribution in [0.1, 0.15) is 41.9 Å². The summed E-state index contributed by atoms with van der Waals surface area (Å²) in [4.78, 5) is 20.3. The SMILES string of the molecule is C#CC1CCC(Cn2cc(C)c3nc(C(=O)O)nc(-c4cccc(Cl)c4)c32)CC1. The highest BCUT2D eigenvalue weighted by molar-refractivity contribution is 6.30. The van der Waals surface area contributed by atoms with Gasteiger partial charge in [-0.1, -0.05) is 23.7 Å². The van der Waals surface area contributed by atoms with Gasteiger partial charge >= 0.3 is 5.97 Å². The quantitative estimate of drug-likeness (QED) is 0.603. The number of aryl methyl sites for hydroxylation is 1. The van der Waals surface area contributed by atoms with Crippen LogP contribution in [0.5, 0.6) is 0 Å². The predicted octanol–water partition coefficient (Wildman–Crippen LogP) is 5.20. The van der Waals surface area contributed by atoms with E-state index >= 15 is 0 Å². The van der Waals surface area contributed by atoms with Crippen molar-refractivity contribution in [2.75, 3.05) is 0 Å². The van der Waals surface area contributed by atoms with E-state index in [-0.39, 0.29) is 5.82 Å². The summed E-state index contributed by atoms with van der Waals surface area (Å²) in [5.74, 6) is 2.45. The molecule has 1 saturated carbocycles. The minimum absolute atomic E-state index is 0.206. The third-order valence-corrected chi connectivity index (χ3v) is 5.96. The number of carboxylic acid groups (broad SMARTS) is 1. The minimum Gasteiger partial charge on any atom is -0.475 e. The van der Waals surface area contributed by atoms with Gasteiger partial charge in [0.15, 0.2) is 0 Å². The van der Waals surface area contributed by atoms with Crippen molar-refractivity contribution in [3.63, 3.8) is 0 Å². The van der Waals surface area contributed by atoms with Crippen LogP contribution in [0.25, 0.3) is 22.3 Å². The molecular formula is C23H22ClN3O2. The van der Waals surface area contributed by atoms with Crippen LogP contribution in [0.3, 0.4) is 0 Å². The van der Waals surface area contributed by atoms with E-state index in [0.717, 1.165) is 48.9 Å². The lowest BCUT2D eigenvalue weighted by molar-refractivity contribution is 0.0684. The van der Waals surface area contributed by atoms with Gasteiger partial charge in [-0.15, -0.1) is 12.3 Å². The number of nitrogens with zero attached hydrogens (tertiary/aromatic N) is 3. The molecule has 1 N–H and O–H groups in total. The maximum atomic E-state index is 11.6. The van der Waals surface area contributed by atoms with E-state index in [1.807, 2.05) is 25.3 Å². The number of hydrogen-bond donors (Lipinski definition) is 1. The number of fused-ring (bicyclic) bond motifs is 1. The lowest BCUT2D eigenvalue weighted by Crippen LogP contribution is -2.18. The summed E-state index contributed by atoms with van der Waals surface area (Å²) >= 11 is 6.19. The molecule has 0 atom stereocenters. The summed E-state index contributed by atoms with van der Waals surface area (Å²) in [6, 6.07) is 7.33. The van der Waals surface area contributed by atoms with E-state index < -0.39 is 5.97 Å². The first kappa shape index (κ1) is 19.5. The summed E-state index contributed by atoms with van der Waals surface area (Å²) in [7, 11) is 0. The van der Waals surface area contributed by atoms with Gasteiger partial charge in [0.05, 0.1) is 16.7 Å². The molecule has 0 amide bonds. The van der Waals surface area contributed by atoms with Crippen LogP contribution in [0.2, 0.25) is 5.02 Å². The Morgan fingerprint density at radius 3 is 2.72 bits per heavy atom. The van der Waals surface area contributed by atoms with Gasteiger partial charge in [-0.25, -0.2) is 14.8 Å². The van der Waals surface area contributed by atoms with Crippen molar-refractivity contribution in [1.82, 2.24) is 14.5 Å². The molecule has 1 aliphatic carbocycles. The van der Waals surface area contributed by atoms with E-state index in [4.69, 9.17) is 18.0 Å². The highest BCUT2D eigenvalue weighted by atomic mass is 35.5. The molecule has 0 bridgehead atoms. The van der Waals surface area contributed by atoms with Gasteiger partial charge < -0.3 is 9.67 Å². The normalized spacial score (nSPS) is 19.2. The number of halogens is 1. The Morgan fingerprint density at radius 2 is 2.07 bits per heavy atom. The lowest BCUT2D eigenvalue weighted by Gasteiger charge is -2.26. The van der Waals surface area contributed by atoms with Gasteiger partial charge in [0.25, 0.3) is 0 Å². The molecule has 1 aliphatic rings. The largest absolute Gasteiger partial charge is 0.475 e. The van der Waals surface area contributed by atoms with E-state index in [9.17, 15) is 9.90 Å². The van der Waals surface area contributed by atoms with Gasteiger partial charge in [-0.05, 0) is 56.2 Å². The second-order valence-electron chi connectivity index (χ2n) is 7.76. The van der Waals surface area contributed by atoms with Crippen molar-refractivity contribution in [3.05, 3.63) is 46.9 Å². The Hall–Kier alpha value is -2.84. The van der Waals surface area contributed by atoms with Crippen LogP contribution >= 0.6 is 11.6 Å². The number of hydrogen-bond acceptors (Lipinski definition) is 3. The van der Waals surface area contributed by atoms with Crippen molar-refractivity contribution >= 4 is 28.6 Å². The van der Waals surface area contributed by atoms with Crippen LogP contribution in [0, 0.1) is 31.1 Å². The number of terminal acetylenes is 1. The fourth-order valence-electron chi connectivity index (χ4n) is 4.23. The van der Waals surface area contributed by atoms with Crippen molar-refractivity contribution in [1.29, 1.82) is 0 Å². The van der Waals surface area contributed by atoms with Gasteiger partial charge in [-0.3, -0.25) is 0 Å². The van der Waals surface area contributed by atoms with Crippen LogP contribution in [-0.4, -0.2) is 25.6 Å². The minimum atomic E-state index is -1.14. The molecule has 1 aromatic carbocycles. The number of carboxylic acids is 1. The summed E-state index contributed by atoms with van der Waals surface area (Å²) in [5.41, 5.74) is 3.84. The Bertz CT molecular complexity index is 1120. The molecule has 0 spiro atoms. The first-order valence-corrected chi connectivity index (χ1v) is 10.2. The Morgan fingerprint density at radius 1 is 1.31 bits per heavy atom. The first-order valence-electron chi connectivity index (χ1n) is 9.79. The zero-order valence-electron chi connectivity index (χ0n) is 16.2. The molecule has 3 aromatic rings. The molecule has 1 fully saturated rings. The van der Waals surface area contributed by atoms with Crippen molar-refractivity contribution in [2.24, 2.45) is 11.8 Å². The molecule has 148 valence electrons. The molecule has 2 heterocycles. The van der Waals surface area contributed by atoms with E-state index in [0.29, 0.717) is 28.1 Å². The number of aromatic nitrogens is 3. The van der Waals surface area contributed by atoms with E-state index in [1.165, 1.54) is 0 Å². The third-order valence-electron chi connectivity index (χ3n) is 5.72. The molecule has 4 rings (SSSR count). The van der Waals surface area contributed by atoms with Gasteiger partial charge in [0.1, 0.15) is 0 Å². The van der Waals surface area contributed by atoms with Crippen LogP contribution in [0.15, 0.2) is 30.5 Å². The van der Waals surface area contributed by atoms with Crippen molar-refractivity contribution in [3.8, 4) is 23.6 Å². The molecule has 5 nitrogen and oxygen atoms in total. The van der Waals surface area contributed by atoms with Crippen LogP contribution in [-0.2, 0) is 6.54 Å². The highest BCUT2D eigenvalue weighted by Crippen LogP contribution is 2.34. The standard InChI is InChI=1S/C23H22ClN3O2/c1-3-15-7-9-16(10-8-15)13-27-12-14(2)19-21(27)20(26-22(25-19)23(28)29)17-5-4-6-18(24)11-17/h1,4-6,11-12,15-16H,7-10,13H2,2H3,(H,28,29). The fraction of sp³-hybridized carbons (Fsp3) is 0.348. The number of aromatic carboxylic acids is 1. The predicted molar refractivity (Wildman–Crippen MR) is 114 cm³/mol. The number of carbonyl (C=O) groups is 1. The third kappa shape index (κ3) is 3.86. The zero-order chi connectivity index (χ0) is 20.5. The molecule has 0 unspecified atom stereocenters. The lowest BCUT2D eigenvalue weighted by atomic mass is 9.82. The molecule has 0 aliphatic heterocycles. The summed E-state index contributed by atoms with van der Waals surface area (Å²) < 4.78 is 2.17. The van der Waals surface area contributed by atoms with Crippen molar-refractivity contribution in [2.45, 2.75) is 39.2 Å². The van der Waals surface area contributed by atoms with Gasteiger partial charge in [-0.2, -0.15) is 0 Å². The maximum Gasteiger partial charge on any atom is 0.373 e. The molecule has 6 heteroatoms. The number of rotatable bonds is 4. The molecule has 0 radical (unpaired) electrons. The summed E-state index contributed by atoms with van der Waals surface area (Å²) in [6.07, 6.45) is 11.9. The Kier molecular flexibility index (Phi) is 5.29. The Labute approximate surface area is 174 Å². The summed E-state index contributed by atoms with van der Waals surface area (Å²) in [5, 5.41) is 10.1. The van der Waals surface area contributed by atoms with E-state index in [1.54, 1.807) is 12.1 Å². The maximum absolute atomic E-state index is 11.6. The zero-order valence-corrected chi connectivity index (χ0v) is 17.0. The van der Waals surface area contributed by atoms with Crippen LogP contribution in [0.4, 0.5) is 0 Å². The van der Waals surface area contributed by atoms with Gasteiger partial charge in [0.2, 0.25) is 5.82 Å². The summed E-state index contributed by atoms with van der Waals surface area (Å²) in [6.45, 7) is 2.79. The number of benzene rings is 1.